The highest BCUT2D eigenvalue weighted by Gasteiger charge is 2.05. The largest absolute Gasteiger partial charge is 0.325 e. The number of carbonyl (C=O) groups is 1. The fraction of sp³-hybridized carbons (Fsp3) is 0.462. The second kappa shape index (κ2) is 6.28. The number of hydrogen-bond acceptors (Lipinski definition) is 2. The van der Waals surface area contributed by atoms with Crippen LogP contribution in [0.4, 0.5) is 5.69 Å². The molecule has 0 aliphatic heterocycles. The molecule has 1 atom stereocenters. The first kappa shape index (κ1) is 12.7. The monoisotopic (exact) mass is 220 g/mol. The molecule has 0 fully saturated rings. The smallest absolute Gasteiger partial charge is 0.238 e. The summed E-state index contributed by atoms with van der Waals surface area (Å²) in [7, 11) is 0. The molecule has 0 aliphatic rings. The lowest BCUT2D eigenvalue weighted by molar-refractivity contribution is -0.115. The molecule has 0 bridgehead atoms. The second-order valence-corrected chi connectivity index (χ2v) is 4.05. The fourth-order valence-electron chi connectivity index (χ4n) is 1.32. The fourth-order valence-corrected chi connectivity index (χ4v) is 1.32. The van der Waals surface area contributed by atoms with Gasteiger partial charge in [0, 0.05) is 11.7 Å². The van der Waals surface area contributed by atoms with E-state index in [-0.39, 0.29) is 5.91 Å². The highest BCUT2D eigenvalue weighted by molar-refractivity contribution is 5.92. The predicted molar refractivity (Wildman–Crippen MR) is 67.6 cm³/mol. The van der Waals surface area contributed by atoms with Gasteiger partial charge in [-0.05, 0) is 31.9 Å². The topological polar surface area (TPSA) is 41.1 Å². The van der Waals surface area contributed by atoms with Gasteiger partial charge in [-0.15, -0.1) is 0 Å². The van der Waals surface area contributed by atoms with E-state index in [1.807, 2.05) is 31.2 Å². The van der Waals surface area contributed by atoms with Crippen molar-refractivity contribution in [2.75, 3.05) is 11.9 Å². The van der Waals surface area contributed by atoms with Gasteiger partial charge >= 0.3 is 0 Å². The molecular weight excluding hydrogens is 200 g/mol. The number of nitrogens with one attached hydrogen (secondary N) is 2. The van der Waals surface area contributed by atoms with E-state index < -0.39 is 0 Å². The SMILES string of the molecule is CCC(C)NCC(=O)Nc1ccccc1C. The normalized spacial score (nSPS) is 12.2. The van der Waals surface area contributed by atoms with Crippen molar-refractivity contribution in [2.24, 2.45) is 0 Å². The van der Waals surface area contributed by atoms with Crippen molar-refractivity contribution in [3.8, 4) is 0 Å². The quantitative estimate of drug-likeness (QED) is 0.799. The summed E-state index contributed by atoms with van der Waals surface area (Å²) < 4.78 is 0. The van der Waals surface area contributed by atoms with Crippen LogP contribution in [0.5, 0.6) is 0 Å². The van der Waals surface area contributed by atoms with E-state index >= 15 is 0 Å². The Morgan fingerprint density at radius 1 is 1.38 bits per heavy atom. The number of anilines is 1. The molecule has 3 heteroatoms. The minimum absolute atomic E-state index is 0.00889. The minimum Gasteiger partial charge on any atom is -0.325 e. The number of hydrogen-bond donors (Lipinski definition) is 2. The van der Waals surface area contributed by atoms with Gasteiger partial charge in [-0.2, -0.15) is 0 Å². The van der Waals surface area contributed by atoms with Crippen LogP contribution < -0.4 is 10.6 Å². The van der Waals surface area contributed by atoms with E-state index in [2.05, 4.69) is 24.5 Å². The Hall–Kier alpha value is -1.35. The maximum atomic E-state index is 11.6. The van der Waals surface area contributed by atoms with Crippen LogP contribution in [0.3, 0.4) is 0 Å². The summed E-state index contributed by atoms with van der Waals surface area (Å²) in [6.07, 6.45) is 1.03. The van der Waals surface area contributed by atoms with E-state index in [1.165, 1.54) is 0 Å². The molecule has 0 heterocycles. The molecular formula is C13H20N2O. The van der Waals surface area contributed by atoms with Gasteiger partial charge in [0.2, 0.25) is 5.91 Å². The number of carbonyl (C=O) groups excluding carboxylic acids is 1. The lowest BCUT2D eigenvalue weighted by atomic mass is 10.2. The molecule has 1 unspecified atom stereocenters. The van der Waals surface area contributed by atoms with Gasteiger partial charge in [0.15, 0.2) is 0 Å². The first-order valence-corrected chi connectivity index (χ1v) is 5.72. The zero-order chi connectivity index (χ0) is 12.0. The van der Waals surface area contributed by atoms with E-state index in [1.54, 1.807) is 0 Å². The van der Waals surface area contributed by atoms with E-state index in [0.29, 0.717) is 12.6 Å². The van der Waals surface area contributed by atoms with Gasteiger partial charge in [-0.25, -0.2) is 0 Å². The molecule has 0 radical (unpaired) electrons. The molecule has 0 aliphatic carbocycles. The maximum absolute atomic E-state index is 11.6. The molecule has 1 rings (SSSR count). The van der Waals surface area contributed by atoms with Gasteiger partial charge in [0.25, 0.3) is 0 Å². The average molecular weight is 220 g/mol. The van der Waals surface area contributed by atoms with E-state index in [4.69, 9.17) is 0 Å². The number of para-hydroxylation sites is 1. The van der Waals surface area contributed by atoms with Crippen LogP contribution >= 0.6 is 0 Å². The van der Waals surface area contributed by atoms with Crippen LogP contribution in [0, 0.1) is 6.92 Å². The number of aryl methyl sites for hydroxylation is 1. The lowest BCUT2D eigenvalue weighted by Gasteiger charge is -2.12. The molecule has 0 saturated carbocycles. The average Bonchev–Trinajstić information content (AvgIpc) is 2.29. The number of amides is 1. The molecule has 1 aromatic carbocycles. The van der Waals surface area contributed by atoms with Gasteiger partial charge < -0.3 is 10.6 Å². The molecule has 1 aromatic rings. The Morgan fingerprint density at radius 3 is 2.69 bits per heavy atom. The van der Waals surface area contributed by atoms with Crippen molar-refractivity contribution in [3.63, 3.8) is 0 Å². The summed E-state index contributed by atoms with van der Waals surface area (Å²) in [6.45, 7) is 6.51. The Morgan fingerprint density at radius 2 is 2.06 bits per heavy atom. The highest BCUT2D eigenvalue weighted by Crippen LogP contribution is 2.12. The highest BCUT2D eigenvalue weighted by atomic mass is 16.1. The maximum Gasteiger partial charge on any atom is 0.238 e. The Kier molecular flexibility index (Phi) is 4.99. The van der Waals surface area contributed by atoms with Crippen LogP contribution in [-0.2, 0) is 4.79 Å². The van der Waals surface area contributed by atoms with Crippen LogP contribution in [0.2, 0.25) is 0 Å². The van der Waals surface area contributed by atoms with Crippen LogP contribution in [0.1, 0.15) is 25.8 Å². The van der Waals surface area contributed by atoms with Gasteiger partial charge in [-0.1, -0.05) is 25.1 Å². The van der Waals surface area contributed by atoms with Crippen molar-refractivity contribution >= 4 is 11.6 Å². The van der Waals surface area contributed by atoms with Crippen LogP contribution in [0.15, 0.2) is 24.3 Å². The first-order valence-electron chi connectivity index (χ1n) is 5.72. The molecule has 3 nitrogen and oxygen atoms in total. The zero-order valence-electron chi connectivity index (χ0n) is 10.2. The second-order valence-electron chi connectivity index (χ2n) is 4.05. The van der Waals surface area contributed by atoms with Crippen molar-refractivity contribution in [1.82, 2.24) is 5.32 Å². The Balaban J connectivity index is 2.43. The van der Waals surface area contributed by atoms with Crippen molar-refractivity contribution < 1.29 is 4.79 Å². The molecule has 2 N–H and O–H groups in total. The molecule has 0 spiro atoms. The Bertz CT molecular complexity index is 350. The zero-order valence-corrected chi connectivity index (χ0v) is 10.2. The summed E-state index contributed by atoms with van der Waals surface area (Å²) in [5.74, 6) is 0.00889. The third-order valence-electron chi connectivity index (χ3n) is 2.64. The predicted octanol–water partition coefficient (Wildman–Crippen LogP) is 2.32. The molecule has 0 saturated heterocycles. The summed E-state index contributed by atoms with van der Waals surface area (Å²) in [5.41, 5.74) is 1.97. The first-order chi connectivity index (χ1) is 7.63. The molecule has 88 valence electrons. The summed E-state index contributed by atoms with van der Waals surface area (Å²) in [4.78, 5) is 11.6. The van der Waals surface area contributed by atoms with E-state index in [0.717, 1.165) is 17.7 Å². The third-order valence-corrected chi connectivity index (χ3v) is 2.64. The van der Waals surface area contributed by atoms with Gasteiger partial charge in [-0.3, -0.25) is 4.79 Å². The minimum atomic E-state index is 0.00889. The number of benzene rings is 1. The van der Waals surface area contributed by atoms with Crippen LogP contribution in [0.25, 0.3) is 0 Å². The third kappa shape index (κ3) is 4.03. The van der Waals surface area contributed by atoms with Crippen molar-refractivity contribution in [3.05, 3.63) is 29.8 Å². The Labute approximate surface area is 97.2 Å². The molecule has 0 aromatic heterocycles. The molecule has 1 amide bonds. The molecule has 16 heavy (non-hydrogen) atoms. The standard InChI is InChI=1S/C13H20N2O/c1-4-11(3)14-9-13(16)15-12-8-6-5-7-10(12)2/h5-8,11,14H,4,9H2,1-3H3,(H,15,16). The lowest BCUT2D eigenvalue weighted by Crippen LogP contribution is -2.34. The van der Waals surface area contributed by atoms with Crippen LogP contribution in [-0.4, -0.2) is 18.5 Å². The summed E-state index contributed by atoms with van der Waals surface area (Å²) in [5, 5.41) is 6.05. The summed E-state index contributed by atoms with van der Waals surface area (Å²) in [6, 6.07) is 8.16. The summed E-state index contributed by atoms with van der Waals surface area (Å²) >= 11 is 0. The number of rotatable bonds is 5. The van der Waals surface area contributed by atoms with Crippen molar-refractivity contribution in [2.45, 2.75) is 33.2 Å². The van der Waals surface area contributed by atoms with Gasteiger partial charge in [0.1, 0.15) is 0 Å². The van der Waals surface area contributed by atoms with Gasteiger partial charge in [0.05, 0.1) is 6.54 Å². The van der Waals surface area contributed by atoms with E-state index in [9.17, 15) is 4.79 Å². The van der Waals surface area contributed by atoms with Crippen molar-refractivity contribution in [1.29, 1.82) is 0 Å².